The molecule has 0 saturated carbocycles. The normalized spacial score (nSPS) is 15.0. The van der Waals surface area contributed by atoms with Crippen molar-refractivity contribution < 1.29 is 31.9 Å². The van der Waals surface area contributed by atoms with E-state index in [0.29, 0.717) is 27.9 Å². The van der Waals surface area contributed by atoms with Crippen LogP contribution in [0.1, 0.15) is 11.4 Å². The molecule has 0 radical (unpaired) electrons. The fraction of sp³-hybridized carbons (Fsp3) is 0.182. The molecular formula is C22H17ClN2O6S3. The molecule has 34 heavy (non-hydrogen) atoms. The molecule has 2 aromatic heterocycles. The summed E-state index contributed by atoms with van der Waals surface area (Å²) in [5, 5.41) is 12.4. The number of furan rings is 1. The minimum absolute atomic E-state index is 0.147. The van der Waals surface area contributed by atoms with Crippen LogP contribution in [-0.4, -0.2) is 36.3 Å². The van der Waals surface area contributed by atoms with E-state index in [2.05, 4.69) is 0 Å². The van der Waals surface area contributed by atoms with Crippen LogP contribution in [-0.2, 0) is 21.5 Å². The molecule has 0 spiro atoms. The predicted octanol–water partition coefficient (Wildman–Crippen LogP) is 4.52. The lowest BCUT2D eigenvalue weighted by Crippen LogP contribution is -2.36. The molecule has 176 valence electrons. The summed E-state index contributed by atoms with van der Waals surface area (Å²) in [6.45, 7) is 0.0602. The van der Waals surface area contributed by atoms with Crippen LogP contribution in [0.25, 0.3) is 27.3 Å². The van der Waals surface area contributed by atoms with Crippen LogP contribution in [0.4, 0.5) is 5.69 Å². The highest BCUT2D eigenvalue weighted by atomic mass is 35.5. The van der Waals surface area contributed by atoms with Crippen molar-refractivity contribution in [1.82, 2.24) is 0 Å². The number of thiazole rings is 1. The number of anilines is 1. The van der Waals surface area contributed by atoms with Crippen LogP contribution >= 0.6 is 34.7 Å². The van der Waals surface area contributed by atoms with Crippen LogP contribution in [0, 0.1) is 0 Å². The largest absolute Gasteiger partial charge is 0.748 e. The number of halogens is 1. The Balaban J connectivity index is 1.63. The van der Waals surface area contributed by atoms with Gasteiger partial charge in [-0.3, -0.25) is 4.79 Å². The molecule has 1 N–H and O–H groups in total. The molecule has 4 aromatic rings. The quantitative estimate of drug-likeness (QED) is 0.271. The number of thioether (sulfide) groups is 1. The minimum atomic E-state index is -4.34. The van der Waals surface area contributed by atoms with E-state index in [-0.39, 0.29) is 13.0 Å². The summed E-state index contributed by atoms with van der Waals surface area (Å²) in [5.74, 6) is -1.46. The number of aromatic nitrogens is 1. The fourth-order valence-electron chi connectivity index (χ4n) is 3.96. The van der Waals surface area contributed by atoms with Gasteiger partial charge >= 0.3 is 5.97 Å². The van der Waals surface area contributed by atoms with E-state index in [1.165, 1.54) is 23.1 Å². The number of fused-ring (bicyclic) bond motifs is 4. The maximum absolute atomic E-state index is 11.6. The number of hydrogen-bond donors (Lipinski definition) is 1. The van der Waals surface area contributed by atoms with Crippen molar-refractivity contribution in [3.05, 3.63) is 57.7 Å². The van der Waals surface area contributed by atoms with Gasteiger partial charge < -0.3 is 19.0 Å². The lowest BCUT2D eigenvalue weighted by atomic mass is 10.2. The van der Waals surface area contributed by atoms with Crippen molar-refractivity contribution in [3.63, 3.8) is 0 Å². The maximum atomic E-state index is 11.6. The number of carbonyl (C=O) groups is 1. The van der Waals surface area contributed by atoms with Crippen LogP contribution in [0.3, 0.4) is 0 Å². The van der Waals surface area contributed by atoms with Gasteiger partial charge in [-0.2, -0.15) is 4.57 Å². The molecule has 0 amide bonds. The summed E-state index contributed by atoms with van der Waals surface area (Å²) in [7, 11) is -4.34. The van der Waals surface area contributed by atoms with E-state index in [1.807, 2.05) is 34.9 Å². The number of hydrogen-bond acceptors (Lipinski definition) is 8. The molecular weight excluding hydrogens is 520 g/mol. The lowest BCUT2D eigenvalue weighted by molar-refractivity contribution is -0.667. The Morgan fingerprint density at radius 1 is 1.26 bits per heavy atom. The Kier molecular flexibility index (Phi) is 6.07. The van der Waals surface area contributed by atoms with Crippen molar-refractivity contribution in [2.75, 3.05) is 17.2 Å². The van der Waals surface area contributed by atoms with Gasteiger partial charge in [0.1, 0.15) is 16.8 Å². The summed E-state index contributed by atoms with van der Waals surface area (Å²) in [6.07, 6.45) is 3.63. The molecule has 2 aromatic carbocycles. The lowest BCUT2D eigenvalue weighted by Gasteiger charge is -2.17. The molecule has 12 heteroatoms. The Bertz CT molecular complexity index is 1570. The molecule has 8 nitrogen and oxygen atoms in total. The third-order valence-corrected chi connectivity index (χ3v) is 8.56. The van der Waals surface area contributed by atoms with Crippen molar-refractivity contribution in [1.29, 1.82) is 0 Å². The third kappa shape index (κ3) is 4.53. The summed E-state index contributed by atoms with van der Waals surface area (Å²) in [5.41, 5.74) is 2.28. The molecule has 3 heterocycles. The first kappa shape index (κ1) is 23.2. The van der Waals surface area contributed by atoms with E-state index >= 15 is 0 Å². The number of rotatable bonds is 7. The summed E-state index contributed by atoms with van der Waals surface area (Å²) < 4.78 is 42.0. The fourth-order valence-corrected chi connectivity index (χ4v) is 6.91. The second-order valence-corrected chi connectivity index (χ2v) is 11.7. The number of aliphatic carboxylic acids is 1. The minimum Gasteiger partial charge on any atom is -0.748 e. The molecule has 0 saturated heterocycles. The Morgan fingerprint density at radius 2 is 2.09 bits per heavy atom. The first-order valence-electron chi connectivity index (χ1n) is 10.1. The van der Waals surface area contributed by atoms with E-state index in [0.717, 1.165) is 25.5 Å². The van der Waals surface area contributed by atoms with E-state index in [4.69, 9.17) is 16.0 Å². The molecule has 0 unspecified atom stereocenters. The van der Waals surface area contributed by atoms with Gasteiger partial charge in [0, 0.05) is 22.1 Å². The second kappa shape index (κ2) is 8.90. The van der Waals surface area contributed by atoms with Crippen LogP contribution < -0.4 is 9.47 Å². The molecule has 0 atom stereocenters. The summed E-state index contributed by atoms with van der Waals surface area (Å²) in [6, 6.07) is 11.0. The monoisotopic (exact) mass is 536 g/mol. The Morgan fingerprint density at radius 3 is 2.85 bits per heavy atom. The van der Waals surface area contributed by atoms with Gasteiger partial charge in [-0.15, -0.1) is 0 Å². The number of benzene rings is 2. The first-order chi connectivity index (χ1) is 16.2. The van der Waals surface area contributed by atoms with Crippen molar-refractivity contribution >= 4 is 83.7 Å². The second-order valence-electron chi connectivity index (χ2n) is 7.63. The molecule has 1 aliphatic rings. The maximum Gasteiger partial charge on any atom is 0.323 e. The van der Waals surface area contributed by atoms with E-state index in [9.17, 15) is 22.9 Å². The zero-order chi connectivity index (χ0) is 24.0. The third-order valence-electron chi connectivity index (χ3n) is 5.33. The predicted molar refractivity (Wildman–Crippen MR) is 131 cm³/mol. The average Bonchev–Trinajstić information content (AvgIpc) is 3.44. The SMILES string of the molecule is O=C(O)CN1/C(=C/c2sc3ccc4occc4c3[n+]2CCCS(=O)(=O)[O-])Sc2ccc(Cl)cc21. The number of carboxylic acids is 1. The van der Waals surface area contributed by atoms with Crippen molar-refractivity contribution in [2.45, 2.75) is 17.9 Å². The van der Waals surface area contributed by atoms with Crippen LogP contribution in [0.15, 0.2) is 57.0 Å². The molecule has 1 aliphatic heterocycles. The average molecular weight is 537 g/mol. The Labute approximate surface area is 207 Å². The van der Waals surface area contributed by atoms with Gasteiger partial charge in [-0.1, -0.05) is 34.7 Å². The van der Waals surface area contributed by atoms with Crippen molar-refractivity contribution in [3.8, 4) is 0 Å². The zero-order valence-corrected chi connectivity index (χ0v) is 20.6. The van der Waals surface area contributed by atoms with Gasteiger partial charge in [-0.25, -0.2) is 8.42 Å². The van der Waals surface area contributed by atoms with E-state index < -0.39 is 21.8 Å². The number of carboxylic acid groups (broad SMARTS) is 1. The standard InChI is InChI=1S/C22H17ClN2O6S3/c23-13-2-4-17-15(10-13)25(12-21(26)27)20(32-17)11-19-24(7-1-9-34(28,29)30)22-14-6-8-31-16(14)3-5-18(22)33-19/h2-6,8,10-11H,1,7,9,12H2,(H-,26,27,28,29,30). The number of aryl methyl sites for hydroxylation is 1. The van der Waals surface area contributed by atoms with Crippen LogP contribution in [0.5, 0.6) is 0 Å². The highest BCUT2D eigenvalue weighted by Gasteiger charge is 2.30. The number of nitrogens with zero attached hydrogens (tertiary/aromatic N) is 2. The Hall–Kier alpha value is -2.57. The highest BCUT2D eigenvalue weighted by Crippen LogP contribution is 2.47. The molecule has 0 bridgehead atoms. The van der Waals surface area contributed by atoms with Gasteiger partial charge in [0.05, 0.1) is 38.6 Å². The molecule has 5 rings (SSSR count). The molecule has 0 aliphatic carbocycles. The summed E-state index contributed by atoms with van der Waals surface area (Å²) in [4.78, 5) is 14.2. The van der Waals surface area contributed by atoms with Gasteiger partial charge in [0.25, 0.3) is 5.01 Å². The topological polar surface area (TPSA) is 115 Å². The first-order valence-corrected chi connectivity index (χ1v) is 13.7. The van der Waals surface area contributed by atoms with Crippen LogP contribution in [0.2, 0.25) is 5.02 Å². The van der Waals surface area contributed by atoms with Gasteiger partial charge in [-0.05, 0) is 36.4 Å². The van der Waals surface area contributed by atoms with E-state index in [1.54, 1.807) is 23.3 Å². The smallest absolute Gasteiger partial charge is 0.323 e. The summed E-state index contributed by atoms with van der Waals surface area (Å²) >= 11 is 9.09. The highest BCUT2D eigenvalue weighted by molar-refractivity contribution is 8.04. The van der Waals surface area contributed by atoms with Crippen molar-refractivity contribution in [2.24, 2.45) is 0 Å². The zero-order valence-electron chi connectivity index (χ0n) is 17.4. The van der Waals surface area contributed by atoms with Gasteiger partial charge in [0.15, 0.2) is 6.54 Å². The van der Waals surface area contributed by atoms with Gasteiger partial charge in [0.2, 0.25) is 5.52 Å². The molecule has 0 fully saturated rings.